The molecule has 5 nitrogen and oxygen atoms in total. The summed E-state index contributed by atoms with van der Waals surface area (Å²) in [6.45, 7) is 0.703. The van der Waals surface area contributed by atoms with Gasteiger partial charge in [0.2, 0.25) is 0 Å². The van der Waals surface area contributed by atoms with E-state index in [0.29, 0.717) is 24.1 Å². The van der Waals surface area contributed by atoms with Crippen LogP contribution in [0.25, 0.3) is 0 Å². The van der Waals surface area contributed by atoms with Gasteiger partial charge in [-0.1, -0.05) is 6.42 Å². The summed E-state index contributed by atoms with van der Waals surface area (Å²) >= 11 is 0. The third kappa shape index (κ3) is 3.49. The van der Waals surface area contributed by atoms with Crippen LogP contribution in [0.15, 0.2) is 18.5 Å². The first kappa shape index (κ1) is 12.0. The van der Waals surface area contributed by atoms with Crippen molar-refractivity contribution < 1.29 is 4.79 Å². The van der Waals surface area contributed by atoms with Crippen molar-refractivity contribution in [3.05, 3.63) is 24.0 Å². The molecule has 2 atom stereocenters. The van der Waals surface area contributed by atoms with Gasteiger partial charge in [0.05, 0.1) is 18.0 Å². The molecular weight excluding hydrogens is 216 g/mol. The van der Waals surface area contributed by atoms with Crippen LogP contribution in [0.1, 0.15) is 36.0 Å². The van der Waals surface area contributed by atoms with Crippen LogP contribution in [0.5, 0.6) is 0 Å². The molecule has 0 spiro atoms. The second-order valence-corrected chi connectivity index (χ2v) is 4.63. The first-order chi connectivity index (χ1) is 8.25. The Bertz CT molecular complexity index is 368. The zero-order valence-corrected chi connectivity index (χ0v) is 9.80. The van der Waals surface area contributed by atoms with Gasteiger partial charge in [0.1, 0.15) is 0 Å². The quantitative estimate of drug-likeness (QED) is 0.807. The fourth-order valence-electron chi connectivity index (χ4n) is 2.28. The first-order valence-corrected chi connectivity index (χ1v) is 6.06. The third-order valence-electron chi connectivity index (χ3n) is 3.22. The van der Waals surface area contributed by atoms with Gasteiger partial charge in [-0.05, 0) is 31.2 Å². The average molecular weight is 234 g/mol. The lowest BCUT2D eigenvalue weighted by molar-refractivity contribution is 0.0942. The summed E-state index contributed by atoms with van der Waals surface area (Å²) in [5, 5.41) is 10.2. The van der Waals surface area contributed by atoms with Crippen LogP contribution in [-0.2, 0) is 0 Å². The van der Waals surface area contributed by atoms with Crippen LogP contribution >= 0.6 is 0 Å². The Morgan fingerprint density at radius 1 is 1.47 bits per heavy atom. The monoisotopic (exact) mass is 234 g/mol. The van der Waals surface area contributed by atoms with E-state index in [1.165, 1.54) is 18.8 Å². The molecule has 1 heterocycles. The molecular formula is C12H18N4O. The Morgan fingerprint density at radius 2 is 2.35 bits per heavy atom. The molecule has 2 unspecified atom stereocenters. The summed E-state index contributed by atoms with van der Waals surface area (Å²) in [5.41, 5.74) is 6.47. The molecule has 1 aromatic rings. The smallest absolute Gasteiger partial charge is 0.252 e. The maximum absolute atomic E-state index is 11.8. The lowest BCUT2D eigenvalue weighted by atomic mass is 9.86. The van der Waals surface area contributed by atoms with Gasteiger partial charge in [-0.15, -0.1) is 0 Å². The maximum atomic E-state index is 11.8. The number of nitrogens with one attached hydrogen (secondary N) is 1. The van der Waals surface area contributed by atoms with Gasteiger partial charge in [-0.25, -0.2) is 0 Å². The van der Waals surface area contributed by atoms with E-state index < -0.39 is 0 Å². The van der Waals surface area contributed by atoms with E-state index in [4.69, 9.17) is 5.73 Å². The zero-order valence-electron chi connectivity index (χ0n) is 9.80. The highest BCUT2D eigenvalue weighted by atomic mass is 16.1. The van der Waals surface area contributed by atoms with Gasteiger partial charge < -0.3 is 11.1 Å². The molecule has 3 N–H and O–H groups in total. The van der Waals surface area contributed by atoms with Crippen LogP contribution in [0.3, 0.4) is 0 Å². The molecule has 1 aliphatic carbocycles. The summed E-state index contributed by atoms with van der Waals surface area (Å²) in [6, 6.07) is 1.96. The number of nitrogens with two attached hydrogens (primary N) is 1. The highest BCUT2D eigenvalue weighted by Crippen LogP contribution is 2.22. The Labute approximate surface area is 101 Å². The molecule has 1 aromatic heterocycles. The second-order valence-electron chi connectivity index (χ2n) is 4.63. The molecule has 0 radical (unpaired) electrons. The van der Waals surface area contributed by atoms with Gasteiger partial charge in [-0.2, -0.15) is 10.2 Å². The summed E-state index contributed by atoms with van der Waals surface area (Å²) in [7, 11) is 0. The Hall–Kier alpha value is -1.49. The van der Waals surface area contributed by atoms with E-state index in [1.54, 1.807) is 6.07 Å². The molecule has 1 aliphatic rings. The number of carbonyl (C=O) groups is 1. The predicted octanol–water partition coefficient (Wildman–Crippen LogP) is 0.724. The second kappa shape index (κ2) is 5.72. The van der Waals surface area contributed by atoms with E-state index in [2.05, 4.69) is 15.5 Å². The fourth-order valence-corrected chi connectivity index (χ4v) is 2.28. The highest BCUT2D eigenvalue weighted by Gasteiger charge is 2.19. The summed E-state index contributed by atoms with van der Waals surface area (Å²) in [5.74, 6) is 0.427. The fraction of sp³-hybridized carbons (Fsp3) is 0.583. The van der Waals surface area contributed by atoms with Crippen molar-refractivity contribution >= 4 is 5.91 Å². The summed E-state index contributed by atoms with van der Waals surface area (Å²) in [6.07, 6.45) is 7.43. The van der Waals surface area contributed by atoms with E-state index in [-0.39, 0.29) is 5.91 Å². The van der Waals surface area contributed by atoms with Crippen molar-refractivity contribution in [2.45, 2.75) is 31.7 Å². The van der Waals surface area contributed by atoms with Crippen LogP contribution in [0, 0.1) is 5.92 Å². The largest absolute Gasteiger partial charge is 0.352 e. The lowest BCUT2D eigenvalue weighted by Crippen LogP contribution is -2.35. The van der Waals surface area contributed by atoms with Gasteiger partial charge in [0.15, 0.2) is 0 Å². The number of aromatic nitrogens is 2. The highest BCUT2D eigenvalue weighted by molar-refractivity contribution is 5.93. The van der Waals surface area contributed by atoms with Crippen LogP contribution < -0.4 is 11.1 Å². The lowest BCUT2D eigenvalue weighted by Gasteiger charge is -2.26. The molecule has 17 heavy (non-hydrogen) atoms. The molecule has 5 heteroatoms. The Kier molecular flexibility index (Phi) is 4.03. The van der Waals surface area contributed by atoms with Crippen LogP contribution in [0.4, 0.5) is 0 Å². The first-order valence-electron chi connectivity index (χ1n) is 6.06. The van der Waals surface area contributed by atoms with Crippen molar-refractivity contribution in [2.75, 3.05) is 6.54 Å². The minimum atomic E-state index is -0.0842. The number of rotatable bonds is 3. The van der Waals surface area contributed by atoms with Crippen LogP contribution in [-0.4, -0.2) is 28.7 Å². The van der Waals surface area contributed by atoms with Crippen molar-refractivity contribution in [3.8, 4) is 0 Å². The molecule has 0 aliphatic heterocycles. The Balaban J connectivity index is 1.80. The van der Waals surface area contributed by atoms with E-state index in [0.717, 1.165) is 19.3 Å². The maximum Gasteiger partial charge on any atom is 0.252 e. The van der Waals surface area contributed by atoms with Crippen LogP contribution in [0.2, 0.25) is 0 Å². The Morgan fingerprint density at radius 3 is 3.06 bits per heavy atom. The molecule has 0 saturated heterocycles. The molecule has 2 rings (SSSR count). The number of nitrogens with zero attached hydrogens (tertiary/aromatic N) is 2. The van der Waals surface area contributed by atoms with Crippen molar-refractivity contribution in [1.29, 1.82) is 0 Å². The SMILES string of the molecule is NC1CCCC(CNC(=O)c2ccnnc2)C1. The number of amides is 1. The van der Waals surface area contributed by atoms with Gasteiger partial charge in [0, 0.05) is 12.6 Å². The van der Waals surface area contributed by atoms with Gasteiger partial charge in [-0.3, -0.25) is 4.79 Å². The minimum absolute atomic E-state index is 0.0842. The van der Waals surface area contributed by atoms with Crippen molar-refractivity contribution in [2.24, 2.45) is 11.7 Å². The molecule has 1 fully saturated rings. The van der Waals surface area contributed by atoms with Gasteiger partial charge in [0.25, 0.3) is 5.91 Å². The van der Waals surface area contributed by atoms with E-state index >= 15 is 0 Å². The molecule has 92 valence electrons. The van der Waals surface area contributed by atoms with E-state index in [1.807, 2.05) is 0 Å². The topological polar surface area (TPSA) is 80.9 Å². The predicted molar refractivity (Wildman–Crippen MR) is 64.3 cm³/mol. The molecule has 0 bridgehead atoms. The molecule has 1 saturated carbocycles. The number of hydrogen-bond donors (Lipinski definition) is 2. The summed E-state index contributed by atoms with van der Waals surface area (Å²) < 4.78 is 0. The van der Waals surface area contributed by atoms with E-state index in [9.17, 15) is 4.79 Å². The zero-order chi connectivity index (χ0) is 12.1. The van der Waals surface area contributed by atoms with Gasteiger partial charge >= 0.3 is 0 Å². The third-order valence-corrected chi connectivity index (χ3v) is 3.22. The normalized spacial score (nSPS) is 24.3. The average Bonchev–Trinajstić information content (AvgIpc) is 2.37. The minimum Gasteiger partial charge on any atom is -0.352 e. The van der Waals surface area contributed by atoms with Crippen molar-refractivity contribution in [1.82, 2.24) is 15.5 Å². The van der Waals surface area contributed by atoms with Crippen molar-refractivity contribution in [3.63, 3.8) is 0 Å². The number of hydrogen-bond acceptors (Lipinski definition) is 4. The number of carbonyl (C=O) groups excluding carboxylic acids is 1. The molecule has 0 aromatic carbocycles. The summed E-state index contributed by atoms with van der Waals surface area (Å²) in [4.78, 5) is 11.8. The standard InChI is InChI=1S/C12H18N4O/c13-11-3-1-2-9(6-11)7-14-12(17)10-4-5-15-16-8-10/h4-5,8-9,11H,1-3,6-7,13H2,(H,14,17). The molecule has 1 amide bonds.